The minimum absolute atomic E-state index is 0.146. The van der Waals surface area contributed by atoms with Crippen LogP contribution in [0, 0.1) is 0 Å². The highest BCUT2D eigenvalue weighted by Crippen LogP contribution is 2.02. The van der Waals surface area contributed by atoms with Crippen LogP contribution >= 0.6 is 0 Å². The van der Waals surface area contributed by atoms with Gasteiger partial charge < -0.3 is 4.42 Å². The first-order valence-corrected chi connectivity index (χ1v) is 5.66. The van der Waals surface area contributed by atoms with Crippen molar-refractivity contribution in [2.24, 2.45) is 5.10 Å². The number of furan rings is 1. The molecule has 1 N–H and O–H groups in total. The van der Waals surface area contributed by atoms with E-state index in [2.05, 4.69) is 10.5 Å². The molecule has 0 unspecified atom stereocenters. The Hall–Kier alpha value is -2.36. The number of amides is 1. The van der Waals surface area contributed by atoms with E-state index < -0.39 is 0 Å². The van der Waals surface area contributed by atoms with Crippen LogP contribution < -0.4 is 5.43 Å². The predicted molar refractivity (Wildman–Crippen MR) is 69.2 cm³/mol. The fraction of sp³-hybridized carbons (Fsp3) is 0.143. The van der Waals surface area contributed by atoms with E-state index in [1.807, 2.05) is 30.3 Å². The van der Waals surface area contributed by atoms with E-state index in [4.69, 9.17) is 4.42 Å². The maximum Gasteiger partial charge on any atom is 0.244 e. The maximum atomic E-state index is 11.6. The summed E-state index contributed by atoms with van der Waals surface area (Å²) in [6.45, 7) is 1.78. The Morgan fingerprint density at radius 3 is 2.67 bits per heavy atom. The summed E-state index contributed by atoms with van der Waals surface area (Å²) in [5.74, 6) is 0.502. The van der Waals surface area contributed by atoms with E-state index in [0.717, 1.165) is 5.56 Å². The Balaban J connectivity index is 1.91. The van der Waals surface area contributed by atoms with Crippen molar-refractivity contribution in [1.82, 2.24) is 5.43 Å². The molecular weight excluding hydrogens is 228 g/mol. The average molecular weight is 242 g/mol. The minimum Gasteiger partial charge on any atom is -0.463 e. The van der Waals surface area contributed by atoms with Gasteiger partial charge in [0.15, 0.2) is 0 Å². The summed E-state index contributed by atoms with van der Waals surface area (Å²) in [4.78, 5) is 11.6. The second kappa shape index (κ2) is 5.82. The van der Waals surface area contributed by atoms with Gasteiger partial charge in [0, 0.05) is 0 Å². The molecule has 1 amide bonds. The molecule has 0 atom stereocenters. The molecule has 1 heterocycles. The number of carbonyl (C=O) groups excluding carboxylic acids is 1. The van der Waals surface area contributed by atoms with Gasteiger partial charge in [-0.3, -0.25) is 4.79 Å². The molecule has 0 aliphatic heterocycles. The molecule has 2 aromatic rings. The first kappa shape index (κ1) is 12.1. The Labute approximate surface area is 105 Å². The van der Waals surface area contributed by atoms with Gasteiger partial charge in [-0.1, -0.05) is 30.3 Å². The predicted octanol–water partition coefficient (Wildman–Crippen LogP) is 2.36. The van der Waals surface area contributed by atoms with E-state index in [0.29, 0.717) is 17.9 Å². The van der Waals surface area contributed by atoms with Gasteiger partial charge in [-0.2, -0.15) is 5.10 Å². The van der Waals surface area contributed by atoms with Crippen molar-refractivity contribution < 1.29 is 9.21 Å². The SMILES string of the molecule is CC(=NNC(=O)Cc1ccccc1)c1ccco1. The summed E-state index contributed by atoms with van der Waals surface area (Å²) in [7, 11) is 0. The molecule has 2 rings (SSSR count). The molecule has 92 valence electrons. The van der Waals surface area contributed by atoms with Crippen molar-refractivity contribution in [2.45, 2.75) is 13.3 Å². The van der Waals surface area contributed by atoms with Gasteiger partial charge in [-0.05, 0) is 24.6 Å². The molecule has 0 saturated carbocycles. The summed E-state index contributed by atoms with van der Waals surface area (Å²) >= 11 is 0. The second-order valence-electron chi connectivity index (χ2n) is 3.87. The molecule has 4 heteroatoms. The Morgan fingerprint density at radius 1 is 1.22 bits per heavy atom. The Morgan fingerprint density at radius 2 is 2.00 bits per heavy atom. The lowest BCUT2D eigenvalue weighted by molar-refractivity contribution is -0.120. The molecule has 0 bridgehead atoms. The average Bonchev–Trinajstić information content (AvgIpc) is 2.91. The summed E-state index contributed by atoms with van der Waals surface area (Å²) in [6, 6.07) is 13.1. The molecule has 4 nitrogen and oxygen atoms in total. The van der Waals surface area contributed by atoms with E-state index in [1.165, 1.54) is 0 Å². The van der Waals surface area contributed by atoms with E-state index in [-0.39, 0.29) is 5.91 Å². The van der Waals surface area contributed by atoms with Crippen molar-refractivity contribution in [1.29, 1.82) is 0 Å². The van der Waals surface area contributed by atoms with Gasteiger partial charge in [0.25, 0.3) is 0 Å². The molecule has 18 heavy (non-hydrogen) atoms. The van der Waals surface area contributed by atoms with Crippen LogP contribution in [0.1, 0.15) is 18.2 Å². The number of hydrazone groups is 1. The molecular formula is C14H14N2O2. The van der Waals surface area contributed by atoms with Crippen LogP contribution in [-0.4, -0.2) is 11.6 Å². The van der Waals surface area contributed by atoms with Crippen LogP contribution in [0.4, 0.5) is 0 Å². The van der Waals surface area contributed by atoms with Gasteiger partial charge >= 0.3 is 0 Å². The van der Waals surface area contributed by atoms with E-state index in [1.54, 1.807) is 25.3 Å². The fourth-order valence-electron chi connectivity index (χ4n) is 1.51. The summed E-state index contributed by atoms with van der Waals surface area (Å²) < 4.78 is 5.16. The fourth-order valence-corrected chi connectivity index (χ4v) is 1.51. The number of hydrogen-bond donors (Lipinski definition) is 1. The smallest absolute Gasteiger partial charge is 0.244 e. The molecule has 0 saturated heterocycles. The zero-order chi connectivity index (χ0) is 12.8. The number of rotatable bonds is 4. The number of hydrogen-bond acceptors (Lipinski definition) is 3. The van der Waals surface area contributed by atoms with Crippen LogP contribution in [0.3, 0.4) is 0 Å². The summed E-state index contributed by atoms with van der Waals surface area (Å²) in [6.07, 6.45) is 1.88. The third-order valence-corrected chi connectivity index (χ3v) is 2.43. The van der Waals surface area contributed by atoms with Crippen LogP contribution in [0.15, 0.2) is 58.2 Å². The summed E-state index contributed by atoms with van der Waals surface area (Å²) in [5, 5.41) is 3.99. The third-order valence-electron chi connectivity index (χ3n) is 2.43. The van der Waals surface area contributed by atoms with Crippen LogP contribution in [0.25, 0.3) is 0 Å². The first-order valence-electron chi connectivity index (χ1n) is 5.66. The number of benzene rings is 1. The van der Waals surface area contributed by atoms with Crippen LogP contribution in [0.5, 0.6) is 0 Å². The monoisotopic (exact) mass is 242 g/mol. The molecule has 0 radical (unpaired) electrons. The van der Waals surface area contributed by atoms with Crippen molar-refractivity contribution >= 4 is 11.6 Å². The molecule has 1 aromatic heterocycles. The number of nitrogens with zero attached hydrogens (tertiary/aromatic N) is 1. The highest BCUT2D eigenvalue weighted by atomic mass is 16.3. The topological polar surface area (TPSA) is 54.6 Å². The van der Waals surface area contributed by atoms with E-state index >= 15 is 0 Å². The van der Waals surface area contributed by atoms with E-state index in [9.17, 15) is 4.79 Å². The van der Waals surface area contributed by atoms with Crippen LogP contribution in [-0.2, 0) is 11.2 Å². The minimum atomic E-state index is -0.146. The Bertz CT molecular complexity index is 530. The van der Waals surface area contributed by atoms with Crippen molar-refractivity contribution in [3.63, 3.8) is 0 Å². The normalized spacial score (nSPS) is 11.3. The molecule has 0 spiro atoms. The quantitative estimate of drug-likeness (QED) is 0.661. The molecule has 1 aromatic carbocycles. The summed E-state index contributed by atoms with van der Waals surface area (Å²) in [5.41, 5.74) is 4.11. The van der Waals surface area contributed by atoms with Crippen LogP contribution in [0.2, 0.25) is 0 Å². The molecule has 0 fully saturated rings. The lowest BCUT2D eigenvalue weighted by Crippen LogP contribution is -2.21. The maximum absolute atomic E-state index is 11.6. The number of nitrogens with one attached hydrogen (secondary N) is 1. The standard InChI is InChI=1S/C14H14N2O2/c1-11(13-8-5-9-18-13)15-16-14(17)10-12-6-3-2-4-7-12/h2-9H,10H2,1H3,(H,16,17). The first-order chi connectivity index (χ1) is 8.75. The zero-order valence-corrected chi connectivity index (χ0v) is 10.1. The van der Waals surface area contributed by atoms with Gasteiger partial charge in [0.2, 0.25) is 5.91 Å². The van der Waals surface area contributed by atoms with Gasteiger partial charge in [0.1, 0.15) is 11.5 Å². The van der Waals surface area contributed by atoms with Crippen molar-refractivity contribution in [3.05, 3.63) is 60.1 Å². The van der Waals surface area contributed by atoms with Gasteiger partial charge in [0.05, 0.1) is 12.7 Å². The largest absolute Gasteiger partial charge is 0.463 e. The van der Waals surface area contributed by atoms with Gasteiger partial charge in [-0.15, -0.1) is 0 Å². The zero-order valence-electron chi connectivity index (χ0n) is 10.1. The third kappa shape index (κ3) is 3.31. The molecule has 0 aliphatic rings. The van der Waals surface area contributed by atoms with Crippen molar-refractivity contribution in [3.8, 4) is 0 Å². The highest BCUT2D eigenvalue weighted by Gasteiger charge is 2.03. The van der Waals surface area contributed by atoms with Crippen molar-refractivity contribution in [2.75, 3.05) is 0 Å². The van der Waals surface area contributed by atoms with Gasteiger partial charge in [-0.25, -0.2) is 5.43 Å². The lowest BCUT2D eigenvalue weighted by atomic mass is 10.1. The second-order valence-corrected chi connectivity index (χ2v) is 3.87. The Kier molecular flexibility index (Phi) is 3.91. The lowest BCUT2D eigenvalue weighted by Gasteiger charge is -2.01. The highest BCUT2D eigenvalue weighted by molar-refractivity contribution is 5.96. The number of carbonyl (C=O) groups is 1. The molecule has 0 aliphatic carbocycles.